The van der Waals surface area contributed by atoms with E-state index in [2.05, 4.69) is 43.4 Å². The maximum atomic E-state index is 13.9. The zero-order chi connectivity index (χ0) is 15.2. The van der Waals surface area contributed by atoms with Crippen molar-refractivity contribution in [3.8, 4) is 0 Å². The first-order valence-corrected chi connectivity index (χ1v) is 7.75. The summed E-state index contributed by atoms with van der Waals surface area (Å²) in [7, 11) is 0. The molecule has 1 nitrogen and oxygen atoms in total. The highest BCUT2D eigenvalue weighted by Gasteiger charge is 2.16. The molecule has 0 aromatic heterocycles. The summed E-state index contributed by atoms with van der Waals surface area (Å²) in [6.45, 7) is 6.33. The second-order valence-corrected chi connectivity index (χ2v) is 5.47. The zero-order valence-electron chi connectivity index (χ0n) is 13.1. The summed E-state index contributed by atoms with van der Waals surface area (Å²) in [5.74, 6) is -0.145. The lowest BCUT2D eigenvalue weighted by atomic mass is 9.99. The molecule has 0 radical (unpaired) electrons. The van der Waals surface area contributed by atoms with Gasteiger partial charge in [0, 0.05) is 17.6 Å². The molecule has 21 heavy (non-hydrogen) atoms. The molecule has 2 heteroatoms. The molecule has 0 fully saturated rings. The maximum absolute atomic E-state index is 13.9. The summed E-state index contributed by atoms with van der Waals surface area (Å²) in [6.07, 6.45) is 2.03. The average molecular weight is 285 g/mol. The number of rotatable bonds is 6. The van der Waals surface area contributed by atoms with Crippen LogP contribution in [-0.4, -0.2) is 0 Å². The van der Waals surface area contributed by atoms with Crippen molar-refractivity contribution in [1.82, 2.24) is 5.32 Å². The van der Waals surface area contributed by atoms with E-state index in [4.69, 9.17) is 0 Å². The van der Waals surface area contributed by atoms with Gasteiger partial charge in [0.15, 0.2) is 0 Å². The topological polar surface area (TPSA) is 12.0 Å². The Balaban J connectivity index is 2.13. The second-order valence-electron chi connectivity index (χ2n) is 5.47. The van der Waals surface area contributed by atoms with Gasteiger partial charge in [-0.1, -0.05) is 56.3 Å². The van der Waals surface area contributed by atoms with Crippen molar-refractivity contribution < 1.29 is 4.39 Å². The van der Waals surface area contributed by atoms with Crippen molar-refractivity contribution in [2.24, 2.45) is 0 Å². The van der Waals surface area contributed by atoms with Crippen LogP contribution in [0, 0.1) is 5.82 Å². The summed E-state index contributed by atoms with van der Waals surface area (Å²) in [5, 5.41) is 3.54. The average Bonchev–Trinajstić information content (AvgIpc) is 2.53. The van der Waals surface area contributed by atoms with E-state index < -0.39 is 0 Å². The Morgan fingerprint density at radius 2 is 1.67 bits per heavy atom. The van der Waals surface area contributed by atoms with E-state index in [1.165, 1.54) is 17.2 Å². The number of halogens is 1. The summed E-state index contributed by atoms with van der Waals surface area (Å²) in [4.78, 5) is 0. The minimum absolute atomic E-state index is 0.0120. The minimum Gasteiger partial charge on any atom is -0.303 e. The Morgan fingerprint density at radius 3 is 2.24 bits per heavy atom. The van der Waals surface area contributed by atoms with Crippen LogP contribution in [0.2, 0.25) is 0 Å². The van der Waals surface area contributed by atoms with Crippen LogP contribution < -0.4 is 5.32 Å². The fourth-order valence-electron chi connectivity index (χ4n) is 2.65. The van der Waals surface area contributed by atoms with Crippen LogP contribution in [0.15, 0.2) is 48.5 Å². The Morgan fingerprint density at radius 1 is 1.00 bits per heavy atom. The van der Waals surface area contributed by atoms with Crippen LogP contribution in [0.25, 0.3) is 0 Å². The third-order valence-corrected chi connectivity index (χ3v) is 4.02. The van der Waals surface area contributed by atoms with Gasteiger partial charge in [0.2, 0.25) is 0 Å². The predicted octanol–water partition coefficient (Wildman–Crippen LogP) is 5.19. The Bertz CT molecular complexity index is 562. The first-order chi connectivity index (χ1) is 10.2. The maximum Gasteiger partial charge on any atom is 0.127 e. The molecule has 2 unspecified atom stereocenters. The minimum atomic E-state index is -0.145. The van der Waals surface area contributed by atoms with Crippen LogP contribution in [0.1, 0.15) is 56.0 Å². The third-order valence-electron chi connectivity index (χ3n) is 4.02. The molecule has 0 saturated heterocycles. The third kappa shape index (κ3) is 3.92. The molecule has 2 aromatic carbocycles. The molecular formula is C19H24FN. The largest absolute Gasteiger partial charge is 0.303 e. The van der Waals surface area contributed by atoms with Crippen LogP contribution in [0.3, 0.4) is 0 Å². The van der Waals surface area contributed by atoms with E-state index >= 15 is 0 Å². The fraction of sp³-hybridized carbons (Fsp3) is 0.368. The summed E-state index contributed by atoms with van der Waals surface area (Å²) < 4.78 is 13.9. The highest BCUT2D eigenvalue weighted by molar-refractivity contribution is 5.26. The molecule has 2 rings (SSSR count). The van der Waals surface area contributed by atoms with E-state index in [0.717, 1.165) is 18.4 Å². The SMILES string of the molecule is CCc1ccc(C(CC)NC(C)c2ccccc2F)cc1. The lowest BCUT2D eigenvalue weighted by molar-refractivity contribution is 0.443. The number of benzene rings is 2. The quantitative estimate of drug-likeness (QED) is 0.770. The van der Waals surface area contributed by atoms with Gasteiger partial charge in [-0.2, -0.15) is 0 Å². The lowest BCUT2D eigenvalue weighted by Crippen LogP contribution is -2.24. The molecule has 2 atom stereocenters. The van der Waals surface area contributed by atoms with Crippen molar-refractivity contribution in [2.75, 3.05) is 0 Å². The van der Waals surface area contributed by atoms with E-state index in [1.54, 1.807) is 6.07 Å². The molecule has 0 heterocycles. The molecule has 0 bridgehead atoms. The number of aryl methyl sites for hydroxylation is 1. The van der Waals surface area contributed by atoms with Crippen LogP contribution in [-0.2, 0) is 6.42 Å². The molecule has 0 aliphatic carbocycles. The smallest absolute Gasteiger partial charge is 0.127 e. The second kappa shape index (κ2) is 7.37. The molecule has 0 saturated carbocycles. The van der Waals surface area contributed by atoms with Crippen LogP contribution in [0.4, 0.5) is 4.39 Å². The Kier molecular flexibility index (Phi) is 5.51. The van der Waals surface area contributed by atoms with Gasteiger partial charge < -0.3 is 5.32 Å². The van der Waals surface area contributed by atoms with Gasteiger partial charge in [-0.05, 0) is 37.0 Å². The predicted molar refractivity (Wildman–Crippen MR) is 86.8 cm³/mol. The fourth-order valence-corrected chi connectivity index (χ4v) is 2.65. The highest BCUT2D eigenvalue weighted by Crippen LogP contribution is 2.24. The normalized spacial score (nSPS) is 13.9. The first kappa shape index (κ1) is 15.7. The van der Waals surface area contributed by atoms with Gasteiger partial charge in [-0.3, -0.25) is 0 Å². The summed E-state index contributed by atoms with van der Waals surface area (Å²) in [5.41, 5.74) is 3.33. The van der Waals surface area contributed by atoms with E-state index in [1.807, 2.05) is 19.1 Å². The number of nitrogens with one attached hydrogen (secondary N) is 1. The van der Waals surface area contributed by atoms with Gasteiger partial charge in [-0.25, -0.2) is 4.39 Å². The standard InChI is InChI=1S/C19H24FN/c1-4-15-10-12-16(13-11-15)19(5-2)21-14(3)17-8-6-7-9-18(17)20/h6-14,19,21H,4-5H2,1-3H3. The Labute approximate surface area is 127 Å². The van der Waals surface area contributed by atoms with Crippen molar-refractivity contribution in [2.45, 2.75) is 45.7 Å². The number of hydrogen-bond donors (Lipinski definition) is 1. The number of hydrogen-bond acceptors (Lipinski definition) is 1. The van der Waals surface area contributed by atoms with Crippen molar-refractivity contribution in [3.05, 3.63) is 71.0 Å². The van der Waals surface area contributed by atoms with E-state index in [0.29, 0.717) is 0 Å². The van der Waals surface area contributed by atoms with Gasteiger partial charge in [0.25, 0.3) is 0 Å². The van der Waals surface area contributed by atoms with Crippen molar-refractivity contribution in [1.29, 1.82) is 0 Å². The summed E-state index contributed by atoms with van der Waals surface area (Å²) >= 11 is 0. The molecule has 2 aromatic rings. The molecule has 0 aliphatic heterocycles. The van der Waals surface area contributed by atoms with Gasteiger partial charge in [-0.15, -0.1) is 0 Å². The molecule has 112 valence electrons. The molecule has 0 amide bonds. The lowest BCUT2D eigenvalue weighted by Gasteiger charge is -2.23. The molecule has 0 spiro atoms. The molecular weight excluding hydrogens is 261 g/mol. The zero-order valence-corrected chi connectivity index (χ0v) is 13.1. The van der Waals surface area contributed by atoms with E-state index in [-0.39, 0.29) is 17.9 Å². The van der Waals surface area contributed by atoms with Crippen molar-refractivity contribution in [3.63, 3.8) is 0 Å². The van der Waals surface area contributed by atoms with Gasteiger partial charge in [0.1, 0.15) is 5.82 Å². The first-order valence-electron chi connectivity index (χ1n) is 7.75. The van der Waals surface area contributed by atoms with E-state index in [9.17, 15) is 4.39 Å². The molecule has 0 aliphatic rings. The summed E-state index contributed by atoms with van der Waals surface area (Å²) in [6, 6.07) is 15.9. The van der Waals surface area contributed by atoms with Crippen molar-refractivity contribution >= 4 is 0 Å². The monoisotopic (exact) mass is 285 g/mol. The van der Waals surface area contributed by atoms with Gasteiger partial charge >= 0.3 is 0 Å². The molecule has 1 N–H and O–H groups in total. The Hall–Kier alpha value is -1.67. The van der Waals surface area contributed by atoms with Crippen LogP contribution >= 0.6 is 0 Å². The van der Waals surface area contributed by atoms with Crippen LogP contribution in [0.5, 0.6) is 0 Å². The van der Waals surface area contributed by atoms with Gasteiger partial charge in [0.05, 0.1) is 0 Å². The highest BCUT2D eigenvalue weighted by atomic mass is 19.1.